The number of piperidine rings is 1. The van der Waals surface area contributed by atoms with Crippen LogP contribution in [0, 0.1) is 6.92 Å². The van der Waals surface area contributed by atoms with Crippen molar-refractivity contribution >= 4 is 15.9 Å². The van der Waals surface area contributed by atoms with Crippen LogP contribution in [0.1, 0.15) is 41.6 Å². The molecule has 0 atom stereocenters. The Morgan fingerprint density at radius 1 is 0.923 bits per heavy atom. The van der Waals surface area contributed by atoms with Crippen LogP contribution in [0.5, 0.6) is 0 Å². The molecule has 0 bridgehead atoms. The van der Waals surface area contributed by atoms with E-state index in [1.54, 1.807) is 22.5 Å². The molecule has 0 spiro atoms. The molecular formula is C19H29N3O3S. The van der Waals surface area contributed by atoms with E-state index in [9.17, 15) is 13.2 Å². The Morgan fingerprint density at radius 3 is 2.38 bits per heavy atom. The molecule has 7 heteroatoms. The molecule has 0 saturated carbocycles. The first-order chi connectivity index (χ1) is 12.4. The number of aryl methyl sites for hydroxylation is 1. The average Bonchev–Trinajstić information content (AvgIpc) is 2.86. The number of benzene rings is 1. The van der Waals surface area contributed by atoms with Crippen LogP contribution >= 0.6 is 0 Å². The number of hydrogen-bond acceptors (Lipinski definition) is 4. The third kappa shape index (κ3) is 4.10. The van der Waals surface area contributed by atoms with Crippen molar-refractivity contribution in [2.45, 2.75) is 37.5 Å². The van der Waals surface area contributed by atoms with E-state index in [0.717, 1.165) is 44.3 Å². The third-order valence-electron chi connectivity index (χ3n) is 5.40. The molecule has 1 aromatic carbocycles. The molecule has 2 aliphatic rings. The number of carbonyl (C=O) groups is 1. The second-order valence-corrected chi connectivity index (χ2v) is 9.33. The van der Waals surface area contributed by atoms with Gasteiger partial charge in [0, 0.05) is 38.3 Å². The number of amides is 1. The molecular weight excluding hydrogens is 350 g/mol. The zero-order chi connectivity index (χ0) is 18.7. The second kappa shape index (κ2) is 8.06. The minimum atomic E-state index is -3.53. The van der Waals surface area contributed by atoms with Crippen LogP contribution < -0.4 is 0 Å². The van der Waals surface area contributed by atoms with Crippen LogP contribution in [0.2, 0.25) is 0 Å². The molecule has 26 heavy (non-hydrogen) atoms. The lowest BCUT2D eigenvalue weighted by molar-refractivity contribution is 0.0762. The lowest BCUT2D eigenvalue weighted by Gasteiger charge is -2.26. The Morgan fingerprint density at radius 2 is 1.65 bits per heavy atom. The fourth-order valence-corrected chi connectivity index (χ4v) is 5.21. The summed E-state index contributed by atoms with van der Waals surface area (Å²) < 4.78 is 27.4. The number of hydrogen-bond donors (Lipinski definition) is 0. The molecule has 0 aromatic heterocycles. The third-order valence-corrected chi connectivity index (χ3v) is 7.29. The van der Waals surface area contributed by atoms with Gasteiger partial charge < -0.3 is 9.80 Å². The Bertz CT molecular complexity index is 757. The SMILES string of the molecule is Cc1ccc(S(=O)(=O)N2CCCCC2)cc1C(=O)N1CCCN(C)CC1. The van der Waals surface area contributed by atoms with Gasteiger partial charge in [0.2, 0.25) is 10.0 Å². The summed E-state index contributed by atoms with van der Waals surface area (Å²) >= 11 is 0. The fourth-order valence-electron chi connectivity index (χ4n) is 3.67. The highest BCUT2D eigenvalue weighted by atomic mass is 32.2. The average molecular weight is 380 g/mol. The van der Waals surface area contributed by atoms with Crippen molar-refractivity contribution in [2.75, 3.05) is 46.3 Å². The largest absolute Gasteiger partial charge is 0.337 e. The summed E-state index contributed by atoms with van der Waals surface area (Å²) in [5, 5.41) is 0. The maximum atomic E-state index is 13.0. The van der Waals surface area contributed by atoms with Crippen molar-refractivity contribution in [1.29, 1.82) is 0 Å². The highest BCUT2D eigenvalue weighted by Crippen LogP contribution is 2.24. The lowest BCUT2D eigenvalue weighted by atomic mass is 10.1. The molecule has 2 saturated heterocycles. The van der Waals surface area contributed by atoms with Crippen molar-refractivity contribution in [1.82, 2.24) is 14.1 Å². The van der Waals surface area contributed by atoms with Gasteiger partial charge in [0.1, 0.15) is 0 Å². The van der Waals surface area contributed by atoms with Gasteiger partial charge >= 0.3 is 0 Å². The molecule has 0 unspecified atom stereocenters. The van der Waals surface area contributed by atoms with Crippen LogP contribution in [-0.2, 0) is 10.0 Å². The summed E-state index contributed by atoms with van der Waals surface area (Å²) in [4.78, 5) is 17.3. The first kappa shape index (κ1) is 19.3. The van der Waals surface area contributed by atoms with Crippen molar-refractivity contribution < 1.29 is 13.2 Å². The number of carbonyl (C=O) groups excluding carboxylic acids is 1. The minimum Gasteiger partial charge on any atom is -0.337 e. The molecule has 0 radical (unpaired) electrons. The molecule has 2 aliphatic heterocycles. The Labute approximate surface area is 156 Å². The van der Waals surface area contributed by atoms with E-state index in [2.05, 4.69) is 11.9 Å². The molecule has 2 fully saturated rings. The van der Waals surface area contributed by atoms with E-state index in [-0.39, 0.29) is 10.8 Å². The zero-order valence-electron chi connectivity index (χ0n) is 15.8. The summed E-state index contributed by atoms with van der Waals surface area (Å²) in [6, 6.07) is 4.97. The molecule has 6 nitrogen and oxygen atoms in total. The molecule has 1 amide bonds. The van der Waals surface area contributed by atoms with Gasteiger partial charge in [-0.3, -0.25) is 4.79 Å². The Kier molecular flexibility index (Phi) is 5.99. The number of rotatable bonds is 3. The lowest BCUT2D eigenvalue weighted by Crippen LogP contribution is -2.36. The van der Waals surface area contributed by atoms with Crippen molar-refractivity contribution in [2.24, 2.45) is 0 Å². The summed E-state index contributed by atoms with van der Waals surface area (Å²) in [5.41, 5.74) is 1.33. The summed E-state index contributed by atoms with van der Waals surface area (Å²) in [6.07, 6.45) is 3.82. The standard InChI is InChI=1S/C19H29N3O3S/c1-16-7-8-17(26(24,25)22-11-4-3-5-12-22)15-18(16)19(23)21-10-6-9-20(2)13-14-21/h7-8,15H,3-6,9-14H2,1-2H3. The first-order valence-electron chi connectivity index (χ1n) is 9.48. The monoisotopic (exact) mass is 379 g/mol. The molecule has 0 N–H and O–H groups in total. The van der Waals surface area contributed by atoms with Crippen LogP contribution in [0.4, 0.5) is 0 Å². The van der Waals surface area contributed by atoms with Crippen molar-refractivity contribution in [3.63, 3.8) is 0 Å². The number of nitrogens with zero attached hydrogens (tertiary/aromatic N) is 3. The number of sulfonamides is 1. The quantitative estimate of drug-likeness (QED) is 0.805. The van der Waals surface area contributed by atoms with Gasteiger partial charge in [-0.1, -0.05) is 12.5 Å². The molecule has 3 rings (SSSR count). The van der Waals surface area contributed by atoms with Crippen LogP contribution in [0.3, 0.4) is 0 Å². The van der Waals surface area contributed by atoms with Crippen LogP contribution in [0.15, 0.2) is 23.1 Å². The van der Waals surface area contributed by atoms with Gasteiger partial charge in [-0.2, -0.15) is 4.31 Å². The highest BCUT2D eigenvalue weighted by Gasteiger charge is 2.28. The molecule has 0 aliphatic carbocycles. The Hall–Kier alpha value is -1.44. The van der Waals surface area contributed by atoms with Gasteiger partial charge in [-0.15, -0.1) is 0 Å². The van der Waals surface area contributed by atoms with E-state index in [0.29, 0.717) is 31.7 Å². The predicted molar refractivity (Wildman–Crippen MR) is 102 cm³/mol. The predicted octanol–water partition coefficient (Wildman–Crippen LogP) is 1.95. The van der Waals surface area contributed by atoms with E-state index >= 15 is 0 Å². The van der Waals surface area contributed by atoms with E-state index in [1.807, 2.05) is 11.8 Å². The second-order valence-electron chi connectivity index (χ2n) is 7.39. The number of likely N-dealkylation sites (N-methyl/N-ethyl adjacent to an activating group) is 1. The van der Waals surface area contributed by atoms with Crippen LogP contribution in [-0.4, -0.2) is 74.7 Å². The zero-order valence-corrected chi connectivity index (χ0v) is 16.6. The first-order valence-corrected chi connectivity index (χ1v) is 10.9. The summed E-state index contributed by atoms with van der Waals surface area (Å²) in [7, 11) is -1.47. The molecule has 1 aromatic rings. The van der Waals surface area contributed by atoms with E-state index in [4.69, 9.17) is 0 Å². The van der Waals surface area contributed by atoms with Gasteiger partial charge in [-0.05, 0) is 57.5 Å². The highest BCUT2D eigenvalue weighted by molar-refractivity contribution is 7.89. The molecule has 144 valence electrons. The molecule has 2 heterocycles. The smallest absolute Gasteiger partial charge is 0.254 e. The van der Waals surface area contributed by atoms with Gasteiger partial charge in [-0.25, -0.2) is 8.42 Å². The fraction of sp³-hybridized carbons (Fsp3) is 0.632. The van der Waals surface area contributed by atoms with Crippen LogP contribution in [0.25, 0.3) is 0 Å². The van der Waals surface area contributed by atoms with E-state index in [1.165, 1.54) is 0 Å². The maximum absolute atomic E-state index is 13.0. The van der Waals surface area contributed by atoms with Gasteiger partial charge in [0.15, 0.2) is 0 Å². The van der Waals surface area contributed by atoms with Gasteiger partial charge in [0.25, 0.3) is 5.91 Å². The van der Waals surface area contributed by atoms with Crippen molar-refractivity contribution in [3.05, 3.63) is 29.3 Å². The Balaban J connectivity index is 1.86. The minimum absolute atomic E-state index is 0.0616. The normalized spacial score (nSPS) is 20.8. The van der Waals surface area contributed by atoms with E-state index < -0.39 is 10.0 Å². The maximum Gasteiger partial charge on any atom is 0.254 e. The van der Waals surface area contributed by atoms with Gasteiger partial charge in [0.05, 0.1) is 4.90 Å². The van der Waals surface area contributed by atoms with Crippen molar-refractivity contribution in [3.8, 4) is 0 Å². The topological polar surface area (TPSA) is 60.9 Å². The summed E-state index contributed by atoms with van der Waals surface area (Å²) in [5.74, 6) is -0.0616. The summed E-state index contributed by atoms with van der Waals surface area (Å²) in [6.45, 7) is 6.22.